The number of hydrogen-bond acceptors (Lipinski definition) is 2. The van der Waals surface area contributed by atoms with Gasteiger partial charge in [-0.1, -0.05) is 41.0 Å². The zero-order chi connectivity index (χ0) is 16.8. The van der Waals surface area contributed by atoms with Crippen LogP contribution in [0.15, 0.2) is 48.5 Å². The summed E-state index contributed by atoms with van der Waals surface area (Å²) in [4.78, 5) is 9.54. The Balaban J connectivity index is 2.13. The lowest BCUT2D eigenvalue weighted by atomic mass is 9.98. The molecule has 0 saturated carbocycles. The third-order valence-electron chi connectivity index (χ3n) is 4.45. The highest BCUT2D eigenvalue weighted by Crippen LogP contribution is 2.32. The van der Waals surface area contributed by atoms with Gasteiger partial charge in [0.25, 0.3) is 0 Å². The zero-order valence-electron chi connectivity index (χ0n) is 14.5. The van der Waals surface area contributed by atoms with Crippen LogP contribution in [0.25, 0.3) is 32.9 Å². The van der Waals surface area contributed by atoms with E-state index in [2.05, 4.69) is 69.3 Å². The van der Waals surface area contributed by atoms with E-state index in [0.29, 0.717) is 0 Å². The van der Waals surface area contributed by atoms with Crippen molar-refractivity contribution in [2.24, 2.45) is 0 Å². The average molecular weight is 312 g/mol. The van der Waals surface area contributed by atoms with Crippen LogP contribution in [0.4, 0.5) is 0 Å². The first kappa shape index (κ1) is 14.8. The van der Waals surface area contributed by atoms with Crippen LogP contribution in [0.3, 0.4) is 0 Å². The molecule has 0 atom stereocenters. The molecule has 2 nitrogen and oxygen atoms in total. The molecular formula is C22H20N2. The maximum Gasteiger partial charge on any atom is 0.126 e. The summed E-state index contributed by atoms with van der Waals surface area (Å²) in [6, 6.07) is 17.4. The fourth-order valence-corrected chi connectivity index (χ4v) is 3.47. The van der Waals surface area contributed by atoms with Gasteiger partial charge in [0.15, 0.2) is 0 Å². The smallest absolute Gasteiger partial charge is 0.126 e. The van der Waals surface area contributed by atoms with Crippen LogP contribution < -0.4 is 0 Å². The molecule has 4 rings (SSSR count). The summed E-state index contributed by atoms with van der Waals surface area (Å²) in [7, 11) is 0. The molecule has 1 aromatic heterocycles. The number of aryl methyl sites for hydroxylation is 4. The molecule has 0 saturated heterocycles. The van der Waals surface area contributed by atoms with E-state index < -0.39 is 0 Å². The summed E-state index contributed by atoms with van der Waals surface area (Å²) in [6.07, 6.45) is 0. The summed E-state index contributed by atoms with van der Waals surface area (Å²) >= 11 is 0. The van der Waals surface area contributed by atoms with E-state index in [1.807, 2.05) is 6.92 Å². The molecule has 118 valence electrons. The number of aromatic nitrogens is 2. The number of rotatable bonds is 1. The van der Waals surface area contributed by atoms with Gasteiger partial charge in [-0.15, -0.1) is 0 Å². The Morgan fingerprint density at radius 1 is 0.625 bits per heavy atom. The first-order valence-electron chi connectivity index (χ1n) is 8.28. The molecule has 0 radical (unpaired) electrons. The molecule has 0 N–H and O–H groups in total. The topological polar surface area (TPSA) is 25.8 Å². The monoisotopic (exact) mass is 312 g/mol. The van der Waals surface area contributed by atoms with Crippen molar-refractivity contribution in [1.82, 2.24) is 9.97 Å². The minimum Gasteiger partial charge on any atom is -0.233 e. The molecule has 0 spiro atoms. The number of hydrogen-bond donors (Lipinski definition) is 0. The molecule has 1 heterocycles. The molecule has 0 aliphatic heterocycles. The lowest BCUT2D eigenvalue weighted by Crippen LogP contribution is -1.96. The van der Waals surface area contributed by atoms with Crippen LogP contribution in [0.1, 0.15) is 22.5 Å². The van der Waals surface area contributed by atoms with Crippen LogP contribution >= 0.6 is 0 Å². The number of benzene rings is 3. The first-order valence-corrected chi connectivity index (χ1v) is 8.28. The molecular weight excluding hydrogens is 292 g/mol. The third-order valence-corrected chi connectivity index (χ3v) is 4.45. The molecule has 0 unspecified atom stereocenters. The van der Waals surface area contributed by atoms with E-state index >= 15 is 0 Å². The largest absolute Gasteiger partial charge is 0.233 e. The molecule has 0 aliphatic carbocycles. The van der Waals surface area contributed by atoms with Crippen molar-refractivity contribution in [1.29, 1.82) is 0 Å². The highest BCUT2D eigenvalue weighted by atomic mass is 14.9. The highest BCUT2D eigenvalue weighted by molar-refractivity contribution is 6.09. The second-order valence-corrected chi connectivity index (χ2v) is 6.68. The minimum atomic E-state index is 0.811. The average Bonchev–Trinajstić information content (AvgIpc) is 2.53. The summed E-state index contributed by atoms with van der Waals surface area (Å²) in [5, 5.41) is 3.53. The molecule has 3 aromatic carbocycles. The van der Waals surface area contributed by atoms with Gasteiger partial charge in [0.2, 0.25) is 0 Å². The fourth-order valence-electron chi connectivity index (χ4n) is 3.47. The van der Waals surface area contributed by atoms with Crippen molar-refractivity contribution in [3.63, 3.8) is 0 Å². The van der Waals surface area contributed by atoms with E-state index in [-0.39, 0.29) is 0 Å². The van der Waals surface area contributed by atoms with Crippen LogP contribution in [-0.4, -0.2) is 9.97 Å². The molecule has 0 amide bonds. The maximum atomic E-state index is 4.77. The lowest BCUT2D eigenvalue weighted by molar-refractivity contribution is 1.10. The minimum absolute atomic E-state index is 0.811. The van der Waals surface area contributed by atoms with Gasteiger partial charge in [-0.25, -0.2) is 9.97 Å². The van der Waals surface area contributed by atoms with Gasteiger partial charge in [-0.3, -0.25) is 0 Å². The molecule has 0 fully saturated rings. The first-order chi connectivity index (χ1) is 11.5. The van der Waals surface area contributed by atoms with Crippen molar-refractivity contribution in [2.45, 2.75) is 27.7 Å². The van der Waals surface area contributed by atoms with Gasteiger partial charge in [0.1, 0.15) is 5.82 Å². The number of nitrogens with zero attached hydrogens (tertiary/aromatic N) is 2. The Morgan fingerprint density at radius 2 is 1.33 bits per heavy atom. The van der Waals surface area contributed by atoms with Gasteiger partial charge < -0.3 is 0 Å². The lowest BCUT2D eigenvalue weighted by Gasteiger charge is -2.11. The van der Waals surface area contributed by atoms with Crippen molar-refractivity contribution in [3.8, 4) is 11.3 Å². The summed E-state index contributed by atoms with van der Waals surface area (Å²) in [5.74, 6) is 0.811. The Bertz CT molecular complexity index is 1070. The predicted octanol–water partition coefficient (Wildman–Crippen LogP) is 5.68. The zero-order valence-corrected chi connectivity index (χ0v) is 14.5. The Hall–Kier alpha value is -2.74. The van der Waals surface area contributed by atoms with Gasteiger partial charge >= 0.3 is 0 Å². The summed E-state index contributed by atoms with van der Waals surface area (Å²) in [5.41, 5.74) is 6.98. The van der Waals surface area contributed by atoms with Crippen LogP contribution in [0.2, 0.25) is 0 Å². The number of fused-ring (bicyclic) bond motifs is 3. The Kier molecular flexibility index (Phi) is 3.34. The molecule has 24 heavy (non-hydrogen) atoms. The van der Waals surface area contributed by atoms with Crippen molar-refractivity contribution < 1.29 is 0 Å². The quantitative estimate of drug-likeness (QED) is 0.422. The highest BCUT2D eigenvalue weighted by Gasteiger charge is 2.12. The SMILES string of the molecule is Cc1cc(C)cc(-c2nc(C)nc3c2ccc2ccc(C)cc23)c1. The van der Waals surface area contributed by atoms with Gasteiger partial charge in [-0.2, -0.15) is 0 Å². The van der Waals surface area contributed by atoms with Crippen molar-refractivity contribution in [3.05, 3.63) is 71.0 Å². The van der Waals surface area contributed by atoms with Gasteiger partial charge in [-0.05, 0) is 57.3 Å². The maximum absolute atomic E-state index is 4.77. The standard InChI is InChI=1S/C22H20N2/c1-13-5-6-17-7-8-19-21(18-10-14(2)9-15(3)11-18)23-16(4)24-22(19)20(17)12-13/h5-12H,1-4H3. The van der Waals surface area contributed by atoms with Gasteiger partial charge in [0, 0.05) is 16.3 Å². The third kappa shape index (κ3) is 2.44. The molecule has 0 bridgehead atoms. The molecule has 2 heteroatoms. The van der Waals surface area contributed by atoms with Crippen molar-refractivity contribution >= 4 is 21.7 Å². The van der Waals surface area contributed by atoms with E-state index in [9.17, 15) is 0 Å². The van der Waals surface area contributed by atoms with E-state index in [1.165, 1.54) is 27.5 Å². The second-order valence-electron chi connectivity index (χ2n) is 6.68. The predicted molar refractivity (Wildman–Crippen MR) is 101 cm³/mol. The van der Waals surface area contributed by atoms with E-state index in [1.54, 1.807) is 0 Å². The summed E-state index contributed by atoms with van der Waals surface area (Å²) in [6.45, 7) is 8.36. The van der Waals surface area contributed by atoms with E-state index in [4.69, 9.17) is 9.97 Å². The fraction of sp³-hybridized carbons (Fsp3) is 0.182. The van der Waals surface area contributed by atoms with Gasteiger partial charge in [0.05, 0.1) is 11.2 Å². The second kappa shape index (κ2) is 5.41. The Labute approximate surface area is 142 Å². The van der Waals surface area contributed by atoms with Crippen LogP contribution in [0.5, 0.6) is 0 Å². The molecule has 4 aromatic rings. The molecule has 0 aliphatic rings. The van der Waals surface area contributed by atoms with Crippen LogP contribution in [0, 0.1) is 27.7 Å². The van der Waals surface area contributed by atoms with Crippen molar-refractivity contribution in [2.75, 3.05) is 0 Å². The summed E-state index contributed by atoms with van der Waals surface area (Å²) < 4.78 is 0. The normalized spacial score (nSPS) is 11.3. The van der Waals surface area contributed by atoms with Crippen LogP contribution in [-0.2, 0) is 0 Å². The van der Waals surface area contributed by atoms with E-state index in [0.717, 1.165) is 28.0 Å². The Morgan fingerprint density at radius 3 is 2.08 bits per heavy atom.